The first-order chi connectivity index (χ1) is 9.34. The molecule has 3 aliphatic heterocycles. The maximum atomic E-state index is 12.5. The first-order valence-electron chi connectivity index (χ1n) is 7.53. The number of hydrogen-bond donors (Lipinski definition) is 1. The largest absolute Gasteiger partial charge is 0.381 e. The van der Waals surface area contributed by atoms with Gasteiger partial charge in [0.15, 0.2) is 0 Å². The van der Waals surface area contributed by atoms with Crippen molar-refractivity contribution in [3.63, 3.8) is 0 Å². The van der Waals surface area contributed by atoms with Gasteiger partial charge in [-0.3, -0.25) is 4.79 Å². The summed E-state index contributed by atoms with van der Waals surface area (Å²) in [6.45, 7) is 4.84. The molecule has 1 N–H and O–H groups in total. The standard InChI is InChI=1S/C14H24N2O3/c17-14(8-12-10-19-7-4-15-12)16-5-1-2-11-9-18-6-3-13(11)16/h11-13,15H,1-10H2. The van der Waals surface area contributed by atoms with Gasteiger partial charge in [-0.05, 0) is 19.3 Å². The zero-order valence-electron chi connectivity index (χ0n) is 11.5. The Morgan fingerprint density at radius 3 is 2.95 bits per heavy atom. The van der Waals surface area contributed by atoms with Crippen LogP contribution in [0.5, 0.6) is 0 Å². The lowest BCUT2D eigenvalue weighted by atomic mass is 9.86. The van der Waals surface area contributed by atoms with Crippen LogP contribution in [0.3, 0.4) is 0 Å². The van der Waals surface area contributed by atoms with Gasteiger partial charge < -0.3 is 19.7 Å². The van der Waals surface area contributed by atoms with Crippen LogP contribution in [0.25, 0.3) is 0 Å². The summed E-state index contributed by atoms with van der Waals surface area (Å²) in [5, 5.41) is 3.36. The van der Waals surface area contributed by atoms with Crippen LogP contribution in [-0.2, 0) is 14.3 Å². The van der Waals surface area contributed by atoms with Crippen molar-refractivity contribution in [2.45, 2.75) is 37.8 Å². The number of ether oxygens (including phenoxy) is 2. The summed E-state index contributed by atoms with van der Waals surface area (Å²) in [4.78, 5) is 14.6. The predicted molar refractivity (Wildman–Crippen MR) is 70.9 cm³/mol. The predicted octanol–water partition coefficient (Wildman–Crippen LogP) is 0.392. The number of carbonyl (C=O) groups is 1. The molecule has 0 saturated carbocycles. The zero-order chi connectivity index (χ0) is 13.1. The molecule has 0 bridgehead atoms. The highest BCUT2D eigenvalue weighted by atomic mass is 16.5. The highest BCUT2D eigenvalue weighted by molar-refractivity contribution is 5.77. The summed E-state index contributed by atoms with van der Waals surface area (Å²) < 4.78 is 11.0. The molecule has 0 aromatic rings. The molecular formula is C14H24N2O3. The SMILES string of the molecule is O=C(CC1COCCN1)N1CCCC2COCCC21. The number of nitrogens with one attached hydrogen (secondary N) is 1. The monoisotopic (exact) mass is 268 g/mol. The number of piperidine rings is 1. The Morgan fingerprint density at radius 2 is 2.11 bits per heavy atom. The van der Waals surface area contributed by atoms with Gasteiger partial charge in [-0.15, -0.1) is 0 Å². The van der Waals surface area contributed by atoms with Gasteiger partial charge in [0.25, 0.3) is 0 Å². The molecule has 0 spiro atoms. The lowest BCUT2D eigenvalue weighted by Gasteiger charge is -2.44. The Labute approximate surface area is 114 Å². The van der Waals surface area contributed by atoms with Crippen molar-refractivity contribution in [2.24, 2.45) is 5.92 Å². The Bertz CT molecular complexity index is 316. The van der Waals surface area contributed by atoms with Gasteiger partial charge in [-0.2, -0.15) is 0 Å². The van der Waals surface area contributed by atoms with Crippen LogP contribution in [0.2, 0.25) is 0 Å². The molecule has 3 aliphatic rings. The van der Waals surface area contributed by atoms with E-state index in [2.05, 4.69) is 10.2 Å². The maximum absolute atomic E-state index is 12.5. The third-order valence-corrected chi connectivity index (χ3v) is 4.55. The molecule has 19 heavy (non-hydrogen) atoms. The average molecular weight is 268 g/mol. The topological polar surface area (TPSA) is 50.8 Å². The Balaban J connectivity index is 1.58. The number of rotatable bonds is 2. The molecule has 5 nitrogen and oxygen atoms in total. The number of likely N-dealkylation sites (tertiary alicyclic amines) is 1. The van der Waals surface area contributed by atoms with Crippen molar-refractivity contribution in [1.82, 2.24) is 10.2 Å². The smallest absolute Gasteiger partial charge is 0.224 e. The number of fused-ring (bicyclic) bond motifs is 1. The van der Waals surface area contributed by atoms with Gasteiger partial charge in [0.1, 0.15) is 0 Å². The van der Waals surface area contributed by atoms with E-state index in [1.165, 1.54) is 6.42 Å². The fourth-order valence-corrected chi connectivity index (χ4v) is 3.55. The average Bonchev–Trinajstić information content (AvgIpc) is 2.47. The lowest BCUT2D eigenvalue weighted by molar-refractivity contribution is -0.141. The van der Waals surface area contributed by atoms with Crippen LogP contribution in [0.1, 0.15) is 25.7 Å². The second kappa shape index (κ2) is 6.20. The van der Waals surface area contributed by atoms with E-state index in [1.807, 2.05) is 0 Å². The van der Waals surface area contributed by atoms with Crippen LogP contribution >= 0.6 is 0 Å². The summed E-state index contributed by atoms with van der Waals surface area (Å²) in [6, 6.07) is 0.612. The number of morpholine rings is 1. The van der Waals surface area contributed by atoms with Gasteiger partial charge >= 0.3 is 0 Å². The zero-order valence-corrected chi connectivity index (χ0v) is 11.5. The van der Waals surface area contributed by atoms with Gasteiger partial charge in [-0.25, -0.2) is 0 Å². The number of nitrogens with zero attached hydrogens (tertiary/aromatic N) is 1. The molecule has 3 rings (SSSR count). The molecule has 0 aliphatic carbocycles. The third kappa shape index (κ3) is 3.09. The summed E-state index contributed by atoms with van der Waals surface area (Å²) >= 11 is 0. The molecule has 1 amide bonds. The van der Waals surface area contributed by atoms with E-state index in [9.17, 15) is 4.79 Å². The van der Waals surface area contributed by atoms with Crippen LogP contribution < -0.4 is 5.32 Å². The van der Waals surface area contributed by atoms with E-state index in [1.54, 1.807) is 0 Å². The Morgan fingerprint density at radius 1 is 1.21 bits per heavy atom. The molecule has 3 atom stereocenters. The van der Waals surface area contributed by atoms with Crippen LogP contribution in [0, 0.1) is 5.92 Å². The summed E-state index contributed by atoms with van der Waals surface area (Å²) in [7, 11) is 0. The maximum Gasteiger partial charge on any atom is 0.224 e. The fraction of sp³-hybridized carbons (Fsp3) is 0.929. The van der Waals surface area contributed by atoms with E-state index >= 15 is 0 Å². The molecule has 3 unspecified atom stereocenters. The van der Waals surface area contributed by atoms with Gasteiger partial charge in [-0.1, -0.05) is 0 Å². The second-order valence-electron chi connectivity index (χ2n) is 5.85. The molecule has 0 aromatic carbocycles. The number of amides is 1. The normalized spacial score (nSPS) is 35.8. The minimum Gasteiger partial charge on any atom is -0.381 e. The van der Waals surface area contributed by atoms with Crippen molar-refractivity contribution in [3.05, 3.63) is 0 Å². The van der Waals surface area contributed by atoms with Gasteiger partial charge in [0, 0.05) is 44.1 Å². The van der Waals surface area contributed by atoms with Crippen molar-refractivity contribution < 1.29 is 14.3 Å². The number of carbonyl (C=O) groups excluding carboxylic acids is 1. The van der Waals surface area contributed by atoms with Crippen molar-refractivity contribution in [3.8, 4) is 0 Å². The molecule has 3 fully saturated rings. The molecule has 3 heterocycles. The third-order valence-electron chi connectivity index (χ3n) is 4.55. The van der Waals surface area contributed by atoms with Crippen molar-refractivity contribution in [2.75, 3.05) is 39.5 Å². The Kier molecular flexibility index (Phi) is 4.35. The number of hydrogen-bond acceptors (Lipinski definition) is 4. The van der Waals surface area contributed by atoms with E-state index in [0.29, 0.717) is 30.9 Å². The molecular weight excluding hydrogens is 244 g/mol. The second-order valence-corrected chi connectivity index (χ2v) is 5.85. The van der Waals surface area contributed by atoms with E-state index in [-0.39, 0.29) is 6.04 Å². The Hall–Kier alpha value is -0.650. The van der Waals surface area contributed by atoms with Gasteiger partial charge in [0.2, 0.25) is 5.91 Å². The minimum absolute atomic E-state index is 0.196. The van der Waals surface area contributed by atoms with Crippen LogP contribution in [0.15, 0.2) is 0 Å². The molecule has 108 valence electrons. The van der Waals surface area contributed by atoms with Crippen molar-refractivity contribution in [1.29, 1.82) is 0 Å². The summed E-state index contributed by atoms with van der Waals surface area (Å²) in [5.74, 6) is 0.849. The first-order valence-corrected chi connectivity index (χ1v) is 7.53. The molecule has 0 radical (unpaired) electrons. The van der Waals surface area contributed by atoms with E-state index in [0.717, 1.165) is 45.8 Å². The first kappa shape index (κ1) is 13.3. The van der Waals surface area contributed by atoms with E-state index < -0.39 is 0 Å². The molecule has 3 saturated heterocycles. The quantitative estimate of drug-likeness (QED) is 0.787. The summed E-state index contributed by atoms with van der Waals surface area (Å²) in [6.07, 6.45) is 3.90. The van der Waals surface area contributed by atoms with Crippen LogP contribution in [0.4, 0.5) is 0 Å². The van der Waals surface area contributed by atoms with Crippen LogP contribution in [-0.4, -0.2) is 62.4 Å². The fourth-order valence-electron chi connectivity index (χ4n) is 3.55. The highest BCUT2D eigenvalue weighted by Gasteiger charge is 2.36. The minimum atomic E-state index is 0.196. The lowest BCUT2D eigenvalue weighted by Crippen LogP contribution is -2.54. The van der Waals surface area contributed by atoms with Gasteiger partial charge in [0.05, 0.1) is 19.8 Å². The molecule has 0 aromatic heterocycles. The summed E-state index contributed by atoms with van der Waals surface area (Å²) in [5.41, 5.74) is 0. The van der Waals surface area contributed by atoms with Crippen molar-refractivity contribution >= 4 is 5.91 Å². The molecule has 5 heteroatoms. The van der Waals surface area contributed by atoms with E-state index in [4.69, 9.17) is 9.47 Å². The highest BCUT2D eigenvalue weighted by Crippen LogP contribution is 2.30.